The second kappa shape index (κ2) is 17.2. The topological polar surface area (TPSA) is 146 Å². The first-order valence-corrected chi connectivity index (χ1v) is 17.2. The molecular weight excluding hydrogens is 737 g/mol. The average molecular weight is 781 g/mol. The van der Waals surface area contributed by atoms with Gasteiger partial charge in [0.25, 0.3) is 0 Å². The van der Waals surface area contributed by atoms with Gasteiger partial charge in [0, 0.05) is 46.0 Å². The van der Waals surface area contributed by atoms with Crippen molar-refractivity contribution in [2.24, 2.45) is 0 Å². The maximum absolute atomic E-state index is 13.6. The second-order valence-electron chi connectivity index (χ2n) is 13.0. The fourth-order valence-electron chi connectivity index (χ4n) is 4.56. The number of benzene rings is 2. The molecule has 12 nitrogen and oxygen atoms in total. The summed E-state index contributed by atoms with van der Waals surface area (Å²) in [6, 6.07) is 15.4. The summed E-state index contributed by atoms with van der Waals surface area (Å²) in [4.78, 5) is 46.8. The number of ether oxygens (including phenoxy) is 2. The quantitative estimate of drug-likeness (QED) is 0.134. The Bertz CT molecular complexity index is 1490. The molecule has 0 fully saturated rings. The molecule has 2 aromatic carbocycles. The highest BCUT2D eigenvalue weighted by Crippen LogP contribution is 2.16. The highest BCUT2D eigenvalue weighted by molar-refractivity contribution is 14.1. The summed E-state index contributed by atoms with van der Waals surface area (Å²) in [5, 5.41) is 0. The normalized spacial score (nSPS) is 12.4. The molecule has 3 rings (SSSR count). The van der Waals surface area contributed by atoms with E-state index in [4.69, 9.17) is 9.47 Å². The molecule has 0 saturated carbocycles. The summed E-state index contributed by atoms with van der Waals surface area (Å²) in [5.41, 5.74) is 1.10. The fourth-order valence-corrected chi connectivity index (χ4v) is 5.25. The summed E-state index contributed by atoms with van der Waals surface area (Å²) >= 11 is -0.128. The lowest BCUT2D eigenvalue weighted by atomic mass is 10.1. The molecule has 0 aliphatic carbocycles. The van der Waals surface area contributed by atoms with Crippen molar-refractivity contribution in [1.82, 2.24) is 19.4 Å². The summed E-state index contributed by atoms with van der Waals surface area (Å²) in [5.74, 6) is -1.09. The third kappa shape index (κ3) is 14.5. The number of nitrogens with one attached hydrogen (secondary N) is 1. The molecule has 3 aromatic rings. The number of carbonyl (C=O) groups excluding carboxylic acids is 3. The van der Waals surface area contributed by atoms with Crippen LogP contribution in [0, 0.1) is 3.57 Å². The molecule has 14 heteroatoms. The smallest absolute Gasteiger partial charge is 0.326 e. The van der Waals surface area contributed by atoms with E-state index in [9.17, 15) is 23.1 Å². The molecule has 1 unspecified atom stereocenters. The molecule has 0 radical (unpaired) electrons. The first-order valence-electron chi connectivity index (χ1n) is 15.1. The van der Waals surface area contributed by atoms with Crippen LogP contribution in [0.1, 0.15) is 58.5 Å². The van der Waals surface area contributed by atoms with Crippen molar-refractivity contribution >= 4 is 57.4 Å². The van der Waals surface area contributed by atoms with Crippen molar-refractivity contribution in [2.75, 3.05) is 24.4 Å². The lowest BCUT2D eigenvalue weighted by Crippen LogP contribution is -2.44. The molecule has 1 aromatic heterocycles. The van der Waals surface area contributed by atoms with Crippen LogP contribution in [-0.2, 0) is 61.2 Å². The summed E-state index contributed by atoms with van der Waals surface area (Å²) < 4.78 is 37.9. The maximum atomic E-state index is 13.6. The Labute approximate surface area is 292 Å². The minimum Gasteiger partial charge on any atom is -0.755 e. The van der Waals surface area contributed by atoms with Gasteiger partial charge in [0.2, 0.25) is 5.91 Å². The highest BCUT2D eigenvalue weighted by Gasteiger charge is 2.27. The van der Waals surface area contributed by atoms with Crippen molar-refractivity contribution in [3.8, 4) is 0 Å². The number of anilines is 1. The standard InChI is InChI=1S/C33H44IN5O7S/c1-32(2,3)45-30(41)22-39(23-31(42)46-33(4,5)6)29(40)21-38-18-16-35-28(38)20-37(19-25-7-11-26(34)12-8-25)17-15-24-9-13-27(14-10-24)36-47(43)44/h7-14,16,18,36H,15,17,19-23H2,1-6H3,(H,43,44)/p-1. The molecule has 1 atom stereocenters. The number of aromatic nitrogens is 2. The Balaban J connectivity index is 1.77. The zero-order valence-electron chi connectivity index (χ0n) is 27.7. The Hall–Kier alpha value is -3.34. The summed E-state index contributed by atoms with van der Waals surface area (Å²) in [6.45, 7) is 11.1. The van der Waals surface area contributed by atoms with Gasteiger partial charge in [-0.2, -0.15) is 0 Å². The lowest BCUT2D eigenvalue weighted by Gasteiger charge is -2.27. The van der Waals surface area contributed by atoms with E-state index in [0.29, 0.717) is 37.6 Å². The van der Waals surface area contributed by atoms with Crippen LogP contribution in [-0.4, -0.2) is 76.8 Å². The van der Waals surface area contributed by atoms with Gasteiger partial charge < -0.3 is 28.2 Å². The molecule has 0 saturated heterocycles. The zero-order chi connectivity index (χ0) is 34.8. The van der Waals surface area contributed by atoms with Crippen molar-refractivity contribution in [2.45, 2.75) is 78.8 Å². The average Bonchev–Trinajstić information content (AvgIpc) is 3.37. The summed E-state index contributed by atoms with van der Waals surface area (Å²) in [6.07, 6.45) is 3.99. The lowest BCUT2D eigenvalue weighted by molar-refractivity contribution is -0.164. The molecule has 0 aliphatic rings. The fraction of sp³-hybridized carbons (Fsp3) is 0.455. The molecule has 1 amide bonds. The number of esters is 2. The largest absolute Gasteiger partial charge is 0.755 e. The SMILES string of the molecule is CC(C)(C)OC(=O)CN(CC(=O)OC(C)(C)C)C(=O)Cn1ccnc1CN(CCc1ccc(NS(=O)[O-])cc1)Cc1ccc(I)cc1. The van der Waals surface area contributed by atoms with E-state index < -0.39 is 53.4 Å². The first kappa shape index (κ1) is 38.1. The van der Waals surface area contributed by atoms with Crippen LogP contribution < -0.4 is 4.72 Å². The number of imidazole rings is 1. The van der Waals surface area contributed by atoms with E-state index in [1.807, 2.05) is 24.3 Å². The van der Waals surface area contributed by atoms with Gasteiger partial charge in [-0.1, -0.05) is 24.3 Å². The van der Waals surface area contributed by atoms with Crippen molar-refractivity contribution in [1.29, 1.82) is 0 Å². The van der Waals surface area contributed by atoms with Crippen LogP contribution in [0.25, 0.3) is 0 Å². The van der Waals surface area contributed by atoms with Crippen LogP contribution in [0.5, 0.6) is 0 Å². The van der Waals surface area contributed by atoms with Crippen LogP contribution in [0.3, 0.4) is 0 Å². The number of hydrogen-bond donors (Lipinski definition) is 1. The monoisotopic (exact) mass is 780 g/mol. The third-order valence-corrected chi connectivity index (χ3v) is 7.62. The molecule has 47 heavy (non-hydrogen) atoms. The van der Waals surface area contributed by atoms with Crippen molar-refractivity contribution in [3.63, 3.8) is 0 Å². The van der Waals surface area contributed by atoms with E-state index in [-0.39, 0.29) is 6.54 Å². The van der Waals surface area contributed by atoms with E-state index in [2.05, 4.69) is 49.3 Å². The van der Waals surface area contributed by atoms with Crippen LogP contribution >= 0.6 is 22.6 Å². The highest BCUT2D eigenvalue weighted by atomic mass is 127. The minimum atomic E-state index is -2.39. The molecule has 0 spiro atoms. The van der Waals surface area contributed by atoms with E-state index in [1.54, 1.807) is 70.6 Å². The Kier molecular flexibility index (Phi) is 13.9. The minimum absolute atomic E-state index is 0.145. The van der Waals surface area contributed by atoms with E-state index in [0.717, 1.165) is 19.6 Å². The van der Waals surface area contributed by atoms with Crippen LogP contribution in [0.2, 0.25) is 0 Å². The number of carbonyl (C=O) groups is 3. The number of nitrogens with zero attached hydrogens (tertiary/aromatic N) is 4. The molecule has 0 aliphatic heterocycles. The Morgan fingerprint density at radius 1 is 0.894 bits per heavy atom. The van der Waals surface area contributed by atoms with Gasteiger partial charge in [0.1, 0.15) is 36.7 Å². The second-order valence-corrected chi connectivity index (χ2v) is 14.9. The molecule has 1 heterocycles. The van der Waals surface area contributed by atoms with Gasteiger partial charge in [-0.3, -0.25) is 23.5 Å². The van der Waals surface area contributed by atoms with Gasteiger partial charge in [-0.15, -0.1) is 0 Å². The number of halogens is 1. The van der Waals surface area contributed by atoms with Gasteiger partial charge in [-0.25, -0.2) is 4.98 Å². The van der Waals surface area contributed by atoms with Crippen molar-refractivity contribution < 1.29 is 32.6 Å². The first-order chi connectivity index (χ1) is 22.0. The van der Waals surface area contributed by atoms with Crippen LogP contribution in [0.15, 0.2) is 60.9 Å². The zero-order valence-corrected chi connectivity index (χ0v) is 30.6. The van der Waals surface area contributed by atoms with Gasteiger partial charge in [0.15, 0.2) is 0 Å². The summed E-state index contributed by atoms with van der Waals surface area (Å²) in [7, 11) is 0. The number of amides is 1. The van der Waals surface area contributed by atoms with Crippen molar-refractivity contribution in [3.05, 3.63) is 81.4 Å². The maximum Gasteiger partial charge on any atom is 0.326 e. The predicted octanol–water partition coefficient (Wildman–Crippen LogP) is 4.45. The molecule has 0 bridgehead atoms. The molecule has 1 N–H and O–H groups in total. The van der Waals surface area contributed by atoms with E-state index in [1.165, 1.54) is 0 Å². The Morgan fingerprint density at radius 2 is 1.45 bits per heavy atom. The molecular formula is C33H43IN5O7S-. The number of rotatable bonds is 15. The van der Waals surface area contributed by atoms with E-state index >= 15 is 0 Å². The Morgan fingerprint density at radius 3 is 1.98 bits per heavy atom. The van der Waals surface area contributed by atoms with Gasteiger partial charge >= 0.3 is 11.9 Å². The molecule has 256 valence electrons. The predicted molar refractivity (Wildman–Crippen MR) is 186 cm³/mol. The number of hydrogen-bond acceptors (Lipinski definition) is 9. The van der Waals surface area contributed by atoms with Gasteiger partial charge in [0.05, 0.1) is 6.54 Å². The third-order valence-electron chi connectivity index (χ3n) is 6.50. The van der Waals surface area contributed by atoms with Crippen LogP contribution in [0.4, 0.5) is 5.69 Å². The van der Waals surface area contributed by atoms with Gasteiger partial charge in [-0.05, 0) is 106 Å².